The second-order valence-corrected chi connectivity index (χ2v) is 18.8. The van der Waals surface area contributed by atoms with Crippen LogP contribution in [0, 0.1) is 0 Å². The highest BCUT2D eigenvalue weighted by molar-refractivity contribution is 5.71. The minimum atomic E-state index is -0.817. The predicted molar refractivity (Wildman–Crippen MR) is 297 cm³/mol. The number of hydrogen-bond acceptors (Lipinski definition) is 6. The molecule has 0 aromatic heterocycles. The molecule has 0 aliphatic rings. The van der Waals surface area contributed by atoms with Crippen molar-refractivity contribution >= 4 is 17.9 Å². The second-order valence-electron chi connectivity index (χ2n) is 18.8. The molecule has 0 heterocycles. The van der Waals surface area contributed by atoms with Crippen molar-refractivity contribution in [3.8, 4) is 0 Å². The average Bonchev–Trinajstić information content (AvgIpc) is 3.35. The maximum absolute atomic E-state index is 12.8. The van der Waals surface area contributed by atoms with Crippen LogP contribution in [0.4, 0.5) is 0 Å². The number of carbonyl (C=O) groups excluding carboxylic acids is 3. The summed E-state index contributed by atoms with van der Waals surface area (Å²) in [6, 6.07) is 0. The summed E-state index contributed by atoms with van der Waals surface area (Å²) in [5.74, 6) is -0.989. The van der Waals surface area contributed by atoms with Gasteiger partial charge in [-0.1, -0.05) is 246 Å². The predicted octanol–water partition coefficient (Wildman–Crippen LogP) is 19.3. The van der Waals surface area contributed by atoms with E-state index in [0.29, 0.717) is 19.3 Å². The van der Waals surface area contributed by atoms with Gasteiger partial charge in [0.2, 0.25) is 0 Å². The van der Waals surface area contributed by atoms with Gasteiger partial charge < -0.3 is 14.2 Å². The van der Waals surface area contributed by atoms with Gasteiger partial charge in [-0.15, -0.1) is 0 Å². The van der Waals surface area contributed by atoms with E-state index in [4.69, 9.17) is 14.2 Å². The molecule has 6 heteroatoms. The fraction of sp³-hybridized carbons (Fsp3) is 0.698. The fourth-order valence-corrected chi connectivity index (χ4v) is 7.78. The SMILES string of the molecule is CC/C=C\C/C=C\C/C=C\C/C=C\C/C=C\CCCCCC(=O)OCC(COC(=O)CCCCCCCCCCCCCCCCC)OC(=O)CCC/C=C\C/C=C\C/C=C\CCCCCCCC. The van der Waals surface area contributed by atoms with E-state index < -0.39 is 6.10 Å². The van der Waals surface area contributed by atoms with Crippen LogP contribution in [-0.4, -0.2) is 37.2 Å². The number of rotatable bonds is 51. The minimum absolute atomic E-state index is 0.107. The summed E-state index contributed by atoms with van der Waals surface area (Å²) in [4.78, 5) is 38.1. The molecule has 0 amide bonds. The van der Waals surface area contributed by atoms with E-state index in [9.17, 15) is 14.4 Å². The quantitative estimate of drug-likeness (QED) is 0.0262. The lowest BCUT2D eigenvalue weighted by Crippen LogP contribution is -2.30. The molecule has 0 radical (unpaired) electrons. The third-order valence-corrected chi connectivity index (χ3v) is 12.1. The first-order chi connectivity index (χ1) is 34.0. The lowest BCUT2D eigenvalue weighted by molar-refractivity contribution is -0.167. The number of carbonyl (C=O) groups is 3. The standard InChI is InChI=1S/C63H106O6/c1-4-7-10-13-16-19-22-25-28-30-31-33-35-38-41-44-47-50-53-56-62(65)68-59-60(58-67-61(64)55-52-49-46-43-40-37-34-27-24-21-18-15-12-9-6-3)69-63(66)57-54-51-48-45-42-39-36-32-29-26-23-20-17-14-11-8-5-2/h7,10,16,19,25-26,28-29,31,33,36,38-39,41,45,48,60H,4-6,8-9,11-15,17-18,20-24,27,30,32,34-35,37,40,42-44,46-47,49-59H2,1-3H3/b10-7-,19-16-,28-25-,29-26-,33-31-,39-36-,41-38-,48-45-. The first kappa shape index (κ1) is 65.3. The number of hydrogen-bond donors (Lipinski definition) is 0. The molecule has 0 aromatic rings. The molecular weight excluding hydrogens is 853 g/mol. The Hall–Kier alpha value is -3.67. The molecule has 394 valence electrons. The normalized spacial score (nSPS) is 12.8. The zero-order valence-corrected chi connectivity index (χ0v) is 45.0. The van der Waals surface area contributed by atoms with E-state index in [0.717, 1.165) is 96.3 Å². The van der Waals surface area contributed by atoms with Crippen molar-refractivity contribution in [1.82, 2.24) is 0 Å². The lowest BCUT2D eigenvalue weighted by Gasteiger charge is -2.18. The Morgan fingerprint density at radius 2 is 0.580 bits per heavy atom. The summed E-state index contributed by atoms with van der Waals surface area (Å²) in [5, 5.41) is 0. The third kappa shape index (κ3) is 55.1. The van der Waals surface area contributed by atoms with E-state index in [1.54, 1.807) is 0 Å². The van der Waals surface area contributed by atoms with Crippen LogP contribution in [-0.2, 0) is 28.6 Å². The molecule has 0 bridgehead atoms. The van der Waals surface area contributed by atoms with E-state index in [-0.39, 0.29) is 37.5 Å². The van der Waals surface area contributed by atoms with Crippen LogP contribution in [0.2, 0.25) is 0 Å². The van der Waals surface area contributed by atoms with Crippen LogP contribution in [0.1, 0.15) is 265 Å². The van der Waals surface area contributed by atoms with Crippen LogP contribution < -0.4 is 0 Å². The van der Waals surface area contributed by atoms with Gasteiger partial charge >= 0.3 is 17.9 Å². The van der Waals surface area contributed by atoms with Crippen molar-refractivity contribution in [1.29, 1.82) is 0 Å². The van der Waals surface area contributed by atoms with Gasteiger partial charge in [0.05, 0.1) is 0 Å². The maximum atomic E-state index is 12.8. The summed E-state index contributed by atoms with van der Waals surface area (Å²) < 4.78 is 16.8. The highest BCUT2D eigenvalue weighted by Crippen LogP contribution is 2.15. The second kappa shape index (κ2) is 56.9. The topological polar surface area (TPSA) is 78.9 Å². The van der Waals surface area contributed by atoms with Gasteiger partial charge in [0.1, 0.15) is 13.2 Å². The van der Waals surface area contributed by atoms with Crippen molar-refractivity contribution in [3.05, 3.63) is 97.2 Å². The zero-order chi connectivity index (χ0) is 50.0. The Morgan fingerprint density at radius 3 is 0.942 bits per heavy atom. The molecular formula is C63H106O6. The molecule has 0 saturated carbocycles. The number of allylic oxidation sites excluding steroid dienone is 16. The maximum Gasteiger partial charge on any atom is 0.306 e. The number of esters is 3. The fourth-order valence-electron chi connectivity index (χ4n) is 7.78. The van der Waals surface area contributed by atoms with Crippen molar-refractivity contribution in [2.24, 2.45) is 0 Å². The Balaban J connectivity index is 4.52. The molecule has 0 saturated heterocycles. The Labute approximate surface area is 426 Å². The summed E-state index contributed by atoms with van der Waals surface area (Å²) >= 11 is 0. The van der Waals surface area contributed by atoms with Gasteiger partial charge in [-0.05, 0) is 96.3 Å². The van der Waals surface area contributed by atoms with Crippen LogP contribution in [0.25, 0.3) is 0 Å². The molecule has 6 nitrogen and oxygen atoms in total. The molecule has 0 rings (SSSR count). The van der Waals surface area contributed by atoms with Gasteiger partial charge in [-0.25, -0.2) is 0 Å². The summed E-state index contributed by atoms with van der Waals surface area (Å²) in [6.07, 6.45) is 75.4. The highest BCUT2D eigenvalue weighted by atomic mass is 16.6. The van der Waals surface area contributed by atoms with Gasteiger partial charge in [0.25, 0.3) is 0 Å². The van der Waals surface area contributed by atoms with Crippen molar-refractivity contribution in [2.75, 3.05) is 13.2 Å². The van der Waals surface area contributed by atoms with E-state index in [1.165, 1.54) is 122 Å². The summed E-state index contributed by atoms with van der Waals surface area (Å²) in [5.41, 5.74) is 0. The minimum Gasteiger partial charge on any atom is -0.462 e. The molecule has 0 aliphatic heterocycles. The van der Waals surface area contributed by atoms with Gasteiger partial charge in [-0.2, -0.15) is 0 Å². The van der Waals surface area contributed by atoms with Gasteiger partial charge in [0, 0.05) is 19.3 Å². The third-order valence-electron chi connectivity index (χ3n) is 12.1. The highest BCUT2D eigenvalue weighted by Gasteiger charge is 2.19. The Bertz CT molecular complexity index is 1380. The largest absolute Gasteiger partial charge is 0.462 e. The van der Waals surface area contributed by atoms with E-state index in [2.05, 4.69) is 118 Å². The molecule has 0 aromatic carbocycles. The van der Waals surface area contributed by atoms with Crippen LogP contribution in [0.3, 0.4) is 0 Å². The average molecular weight is 960 g/mol. The van der Waals surface area contributed by atoms with Gasteiger partial charge in [0.15, 0.2) is 6.10 Å². The number of unbranched alkanes of at least 4 members (excludes halogenated alkanes) is 24. The van der Waals surface area contributed by atoms with Gasteiger partial charge in [-0.3, -0.25) is 14.4 Å². The smallest absolute Gasteiger partial charge is 0.306 e. The summed E-state index contributed by atoms with van der Waals surface area (Å²) in [6.45, 7) is 6.46. The molecule has 0 spiro atoms. The molecule has 0 N–H and O–H groups in total. The van der Waals surface area contributed by atoms with Crippen molar-refractivity contribution in [3.63, 3.8) is 0 Å². The first-order valence-electron chi connectivity index (χ1n) is 28.7. The van der Waals surface area contributed by atoms with Crippen molar-refractivity contribution in [2.45, 2.75) is 271 Å². The lowest BCUT2D eigenvalue weighted by atomic mass is 10.0. The zero-order valence-electron chi connectivity index (χ0n) is 45.0. The van der Waals surface area contributed by atoms with Crippen molar-refractivity contribution < 1.29 is 28.6 Å². The number of ether oxygens (including phenoxy) is 3. The van der Waals surface area contributed by atoms with Crippen LogP contribution >= 0.6 is 0 Å². The molecule has 69 heavy (non-hydrogen) atoms. The Kier molecular flexibility index (Phi) is 53.9. The Morgan fingerprint density at radius 1 is 0.304 bits per heavy atom. The molecule has 1 atom stereocenters. The van der Waals surface area contributed by atoms with Crippen LogP contribution in [0.5, 0.6) is 0 Å². The van der Waals surface area contributed by atoms with E-state index >= 15 is 0 Å². The molecule has 0 fully saturated rings. The monoisotopic (exact) mass is 959 g/mol. The van der Waals surface area contributed by atoms with E-state index in [1.807, 2.05) is 0 Å². The molecule has 0 aliphatic carbocycles. The van der Waals surface area contributed by atoms with Crippen LogP contribution in [0.15, 0.2) is 97.2 Å². The summed E-state index contributed by atoms with van der Waals surface area (Å²) in [7, 11) is 0. The first-order valence-corrected chi connectivity index (χ1v) is 28.7. The molecule has 1 unspecified atom stereocenters.